The molecule has 13 heteroatoms. The Balaban J connectivity index is 5.06. The van der Waals surface area contributed by atoms with E-state index < -0.39 is 11.9 Å². The number of carboxylic acid groups (broad SMARTS) is 2. The van der Waals surface area contributed by atoms with Crippen LogP contribution in [0.25, 0.3) is 0 Å². The summed E-state index contributed by atoms with van der Waals surface area (Å²) in [5, 5.41) is 18.3. The van der Waals surface area contributed by atoms with Crippen molar-refractivity contribution < 1.29 is 39.0 Å². The van der Waals surface area contributed by atoms with Crippen LogP contribution in [0.2, 0.25) is 0 Å². The smallest absolute Gasteiger partial charge is 0.317 e. The van der Waals surface area contributed by atoms with Crippen molar-refractivity contribution >= 4 is 56.7 Å². The quantitative estimate of drug-likeness (QED) is 0.128. The summed E-state index contributed by atoms with van der Waals surface area (Å²) in [7, 11) is 3.28. The standard InChI is InChI=1S/C24H41N3O8S2/c1-5-36-37-17-21(20(4)30)6-7-22(31)14-26(12-18(2)28)10-8-25(15-23(32)33)9-11-27(13-19(3)29)16-24(34)35/h21H,5-17H2,1-4H3,(H,32,33)(H,34,35). The Morgan fingerprint density at radius 1 is 0.676 bits per heavy atom. The van der Waals surface area contributed by atoms with Crippen molar-refractivity contribution in [2.75, 3.05) is 70.4 Å². The monoisotopic (exact) mass is 563 g/mol. The van der Waals surface area contributed by atoms with E-state index in [0.29, 0.717) is 12.2 Å². The highest BCUT2D eigenvalue weighted by atomic mass is 33.1. The van der Waals surface area contributed by atoms with Gasteiger partial charge in [0.05, 0.1) is 32.7 Å². The molecule has 0 rings (SSSR count). The number of carbonyl (C=O) groups is 6. The molecule has 0 fully saturated rings. The van der Waals surface area contributed by atoms with Gasteiger partial charge in [0.25, 0.3) is 0 Å². The van der Waals surface area contributed by atoms with Crippen molar-refractivity contribution in [3.63, 3.8) is 0 Å². The van der Waals surface area contributed by atoms with E-state index in [0.717, 1.165) is 5.75 Å². The van der Waals surface area contributed by atoms with Crippen LogP contribution in [0.3, 0.4) is 0 Å². The van der Waals surface area contributed by atoms with Gasteiger partial charge in [-0.2, -0.15) is 0 Å². The second kappa shape index (κ2) is 20.2. The first-order chi connectivity index (χ1) is 17.3. The van der Waals surface area contributed by atoms with Gasteiger partial charge in [-0.1, -0.05) is 28.5 Å². The number of Topliss-reactive ketones (excluding diaryl/α,β-unsaturated/α-hetero) is 4. The average Bonchev–Trinajstić information content (AvgIpc) is 2.75. The largest absolute Gasteiger partial charge is 0.480 e. The third-order valence-corrected chi connectivity index (χ3v) is 7.85. The van der Waals surface area contributed by atoms with Crippen molar-refractivity contribution in [2.24, 2.45) is 5.92 Å². The highest BCUT2D eigenvalue weighted by molar-refractivity contribution is 8.76. The predicted octanol–water partition coefficient (Wildman–Crippen LogP) is 1.20. The fourth-order valence-corrected chi connectivity index (χ4v) is 5.67. The fraction of sp³-hybridized carbons (Fsp3) is 0.750. The van der Waals surface area contributed by atoms with E-state index in [1.165, 1.54) is 25.7 Å². The van der Waals surface area contributed by atoms with Gasteiger partial charge >= 0.3 is 11.9 Å². The molecule has 2 N–H and O–H groups in total. The number of rotatable bonds is 24. The Hall–Kier alpha value is -1.80. The lowest BCUT2D eigenvalue weighted by atomic mass is 9.99. The summed E-state index contributed by atoms with van der Waals surface area (Å²) in [5.74, 6) is -1.18. The lowest BCUT2D eigenvalue weighted by molar-refractivity contribution is -0.140. The number of carbonyl (C=O) groups excluding carboxylic acids is 4. The van der Waals surface area contributed by atoms with Crippen LogP contribution < -0.4 is 0 Å². The molecule has 1 atom stereocenters. The summed E-state index contributed by atoms with van der Waals surface area (Å²) >= 11 is 0. The average molecular weight is 564 g/mol. The van der Waals surface area contributed by atoms with Crippen LogP contribution in [0.15, 0.2) is 0 Å². The molecular weight excluding hydrogens is 522 g/mol. The first kappa shape index (κ1) is 35.2. The molecule has 0 bridgehead atoms. The van der Waals surface area contributed by atoms with Gasteiger partial charge in [-0.25, -0.2) is 0 Å². The van der Waals surface area contributed by atoms with E-state index in [9.17, 15) is 33.9 Å². The van der Waals surface area contributed by atoms with Crippen LogP contribution in [-0.2, 0) is 28.8 Å². The first-order valence-corrected chi connectivity index (χ1v) is 14.7. The van der Waals surface area contributed by atoms with Crippen LogP contribution in [0, 0.1) is 5.92 Å². The number of carboxylic acids is 2. The summed E-state index contributed by atoms with van der Waals surface area (Å²) in [6, 6.07) is 0. The Labute approximate surface area is 227 Å². The third kappa shape index (κ3) is 19.9. The van der Waals surface area contributed by atoms with Gasteiger partial charge in [0.2, 0.25) is 0 Å². The second-order valence-electron chi connectivity index (χ2n) is 8.96. The lowest BCUT2D eigenvalue weighted by Gasteiger charge is -2.28. The van der Waals surface area contributed by atoms with Gasteiger partial charge in [0.1, 0.15) is 23.1 Å². The molecule has 0 heterocycles. The van der Waals surface area contributed by atoms with Gasteiger partial charge in [0, 0.05) is 50.0 Å². The molecule has 0 saturated heterocycles. The van der Waals surface area contributed by atoms with Crippen LogP contribution in [0.4, 0.5) is 0 Å². The Kier molecular flexibility index (Phi) is 19.2. The molecule has 0 aromatic carbocycles. The van der Waals surface area contributed by atoms with Gasteiger partial charge in [-0.3, -0.25) is 43.5 Å². The minimum atomic E-state index is -1.09. The van der Waals surface area contributed by atoms with E-state index in [-0.39, 0.29) is 94.4 Å². The topological polar surface area (TPSA) is 153 Å². The van der Waals surface area contributed by atoms with Crippen molar-refractivity contribution in [3.05, 3.63) is 0 Å². The zero-order valence-electron chi connectivity index (χ0n) is 22.3. The molecule has 0 aromatic rings. The molecular formula is C24H41N3O8S2. The predicted molar refractivity (Wildman–Crippen MR) is 145 cm³/mol. The van der Waals surface area contributed by atoms with Gasteiger partial charge in [-0.05, 0) is 27.2 Å². The normalized spacial score (nSPS) is 12.2. The Bertz CT molecular complexity index is 765. The molecule has 11 nitrogen and oxygen atoms in total. The summed E-state index contributed by atoms with van der Waals surface area (Å²) < 4.78 is 0. The number of ketones is 4. The Morgan fingerprint density at radius 2 is 1.14 bits per heavy atom. The van der Waals surface area contributed by atoms with E-state index in [1.807, 2.05) is 6.92 Å². The SMILES string of the molecule is CCSSCC(CCC(=O)CN(CCN(CCN(CC(C)=O)CC(=O)O)CC(=O)O)CC(C)=O)C(C)=O. The van der Waals surface area contributed by atoms with Crippen LogP contribution in [-0.4, -0.2) is 130 Å². The Morgan fingerprint density at radius 3 is 1.57 bits per heavy atom. The van der Waals surface area contributed by atoms with Crippen LogP contribution in [0.1, 0.15) is 40.5 Å². The zero-order valence-corrected chi connectivity index (χ0v) is 23.9. The zero-order chi connectivity index (χ0) is 28.4. The van der Waals surface area contributed by atoms with E-state index in [2.05, 4.69) is 0 Å². The maximum atomic E-state index is 12.7. The number of aliphatic carboxylic acids is 2. The summed E-state index contributed by atoms with van der Waals surface area (Å²) in [5.41, 5.74) is 0. The molecule has 0 amide bonds. The van der Waals surface area contributed by atoms with E-state index in [4.69, 9.17) is 5.11 Å². The maximum Gasteiger partial charge on any atom is 0.317 e. The summed E-state index contributed by atoms with van der Waals surface area (Å²) in [6.07, 6.45) is 0.657. The summed E-state index contributed by atoms with van der Waals surface area (Å²) in [6.45, 7) is 6.50. The molecule has 0 saturated carbocycles. The van der Waals surface area contributed by atoms with Gasteiger partial charge in [-0.15, -0.1) is 0 Å². The lowest BCUT2D eigenvalue weighted by Crippen LogP contribution is -2.45. The van der Waals surface area contributed by atoms with Gasteiger partial charge in [0.15, 0.2) is 0 Å². The highest BCUT2D eigenvalue weighted by Gasteiger charge is 2.20. The fourth-order valence-electron chi connectivity index (χ4n) is 3.56. The summed E-state index contributed by atoms with van der Waals surface area (Å²) in [4.78, 5) is 74.9. The van der Waals surface area contributed by atoms with Crippen molar-refractivity contribution in [1.29, 1.82) is 0 Å². The second-order valence-corrected chi connectivity index (χ2v) is 11.8. The molecule has 0 radical (unpaired) electrons. The molecule has 0 aromatic heterocycles. The molecule has 0 aliphatic carbocycles. The number of hydrogen-bond donors (Lipinski definition) is 2. The van der Waals surface area contributed by atoms with Crippen LogP contribution in [0.5, 0.6) is 0 Å². The molecule has 212 valence electrons. The van der Waals surface area contributed by atoms with Crippen molar-refractivity contribution in [2.45, 2.75) is 40.5 Å². The van der Waals surface area contributed by atoms with E-state index >= 15 is 0 Å². The van der Waals surface area contributed by atoms with Crippen LogP contribution >= 0.6 is 21.6 Å². The molecule has 0 aliphatic rings. The van der Waals surface area contributed by atoms with E-state index in [1.54, 1.807) is 31.4 Å². The molecule has 0 aliphatic heterocycles. The molecule has 1 unspecified atom stereocenters. The first-order valence-electron chi connectivity index (χ1n) is 12.2. The minimum absolute atomic E-state index is 0.0114. The molecule has 0 spiro atoms. The van der Waals surface area contributed by atoms with Gasteiger partial charge < -0.3 is 10.2 Å². The number of nitrogens with zero attached hydrogens (tertiary/aromatic N) is 3. The maximum absolute atomic E-state index is 12.7. The van der Waals surface area contributed by atoms with Crippen molar-refractivity contribution in [3.8, 4) is 0 Å². The number of hydrogen-bond acceptors (Lipinski definition) is 11. The minimum Gasteiger partial charge on any atom is -0.480 e. The molecule has 37 heavy (non-hydrogen) atoms. The third-order valence-electron chi connectivity index (χ3n) is 5.29. The highest BCUT2D eigenvalue weighted by Crippen LogP contribution is 2.25. The van der Waals surface area contributed by atoms with Crippen molar-refractivity contribution in [1.82, 2.24) is 14.7 Å².